The fourth-order valence-corrected chi connectivity index (χ4v) is 4.35. The van der Waals surface area contributed by atoms with Crippen molar-refractivity contribution in [3.63, 3.8) is 0 Å². The number of fused-ring (bicyclic) bond motifs is 1. The number of aryl methyl sites for hydroxylation is 1. The van der Waals surface area contributed by atoms with Crippen LogP contribution in [-0.2, 0) is 12.7 Å². The van der Waals surface area contributed by atoms with Crippen molar-refractivity contribution in [2.75, 3.05) is 36.0 Å². The van der Waals surface area contributed by atoms with E-state index in [-0.39, 0.29) is 0 Å². The highest BCUT2D eigenvalue weighted by atomic mass is 19.4. The molecule has 2 aromatic carbocycles. The summed E-state index contributed by atoms with van der Waals surface area (Å²) in [7, 11) is 0. The van der Waals surface area contributed by atoms with Gasteiger partial charge in [-0.25, -0.2) is 4.99 Å². The number of aliphatic imine (C=N–C) groups is 1. The summed E-state index contributed by atoms with van der Waals surface area (Å²) in [6, 6.07) is 15.7. The van der Waals surface area contributed by atoms with Gasteiger partial charge in [-0.1, -0.05) is 18.2 Å². The molecule has 0 amide bonds. The standard InChI is InChI=1S/C25H24F3N5/c1-18-4-2-6-21(14-18)31-10-12-32(13-11-31)24-30-23-16-29-9-8-19(23)17-33(24)22-7-3-5-20(15-22)25(26,27)28/h2-9,14-16H,10-13,17H2,1H3. The number of benzene rings is 2. The van der Waals surface area contributed by atoms with Gasteiger partial charge in [0.05, 0.1) is 24.0 Å². The van der Waals surface area contributed by atoms with Gasteiger partial charge in [-0.3, -0.25) is 4.98 Å². The van der Waals surface area contributed by atoms with Gasteiger partial charge in [0.15, 0.2) is 0 Å². The minimum atomic E-state index is -4.40. The number of guanidine groups is 1. The summed E-state index contributed by atoms with van der Waals surface area (Å²) in [4.78, 5) is 15.4. The molecule has 0 bridgehead atoms. The number of hydrogen-bond acceptors (Lipinski definition) is 5. The van der Waals surface area contributed by atoms with E-state index >= 15 is 0 Å². The number of hydrogen-bond donors (Lipinski definition) is 0. The molecule has 0 radical (unpaired) electrons. The van der Waals surface area contributed by atoms with Crippen LogP contribution in [0.3, 0.4) is 0 Å². The number of piperazine rings is 1. The summed E-state index contributed by atoms with van der Waals surface area (Å²) in [5, 5.41) is 0. The van der Waals surface area contributed by atoms with E-state index in [9.17, 15) is 13.2 Å². The fourth-order valence-electron chi connectivity index (χ4n) is 4.35. The second kappa shape index (κ2) is 8.42. The van der Waals surface area contributed by atoms with Crippen molar-refractivity contribution in [1.29, 1.82) is 0 Å². The number of aromatic nitrogens is 1. The molecule has 3 heterocycles. The predicted octanol–water partition coefficient (Wildman–Crippen LogP) is 5.24. The first-order chi connectivity index (χ1) is 15.9. The van der Waals surface area contributed by atoms with Gasteiger partial charge in [0.1, 0.15) is 0 Å². The van der Waals surface area contributed by atoms with E-state index in [1.807, 2.05) is 11.0 Å². The van der Waals surface area contributed by atoms with E-state index in [2.05, 4.69) is 46.0 Å². The van der Waals surface area contributed by atoms with Gasteiger partial charge in [0.2, 0.25) is 5.96 Å². The van der Waals surface area contributed by atoms with Gasteiger partial charge >= 0.3 is 6.18 Å². The van der Waals surface area contributed by atoms with Gasteiger partial charge in [-0.05, 0) is 48.9 Å². The van der Waals surface area contributed by atoms with Crippen LogP contribution >= 0.6 is 0 Å². The summed E-state index contributed by atoms with van der Waals surface area (Å²) in [6.07, 6.45) is -1.00. The maximum absolute atomic E-state index is 13.4. The van der Waals surface area contributed by atoms with Gasteiger partial charge in [-0.15, -0.1) is 0 Å². The molecule has 1 saturated heterocycles. The molecular formula is C25H24F3N5. The smallest absolute Gasteiger partial charge is 0.368 e. The Labute approximate surface area is 190 Å². The van der Waals surface area contributed by atoms with Crippen LogP contribution in [0.1, 0.15) is 16.7 Å². The highest BCUT2D eigenvalue weighted by Crippen LogP contribution is 2.35. The molecule has 0 aliphatic carbocycles. The lowest BCUT2D eigenvalue weighted by Crippen LogP contribution is -2.54. The zero-order chi connectivity index (χ0) is 23.0. The highest BCUT2D eigenvalue weighted by Gasteiger charge is 2.33. The zero-order valence-electron chi connectivity index (χ0n) is 18.3. The van der Waals surface area contributed by atoms with Crippen LogP contribution in [0.15, 0.2) is 72.0 Å². The van der Waals surface area contributed by atoms with Crippen molar-refractivity contribution in [3.8, 4) is 0 Å². The zero-order valence-corrected chi connectivity index (χ0v) is 18.3. The molecule has 5 rings (SSSR count). The van der Waals surface area contributed by atoms with Crippen LogP contribution < -0.4 is 9.80 Å². The Bertz CT molecular complexity index is 1180. The third kappa shape index (κ3) is 4.37. The molecule has 0 saturated carbocycles. The molecule has 8 heteroatoms. The summed E-state index contributed by atoms with van der Waals surface area (Å²) in [5.74, 6) is 0.665. The van der Waals surface area contributed by atoms with Crippen LogP contribution in [0, 0.1) is 6.92 Å². The number of nitrogens with zero attached hydrogens (tertiary/aromatic N) is 5. The minimum Gasteiger partial charge on any atom is -0.368 e. The lowest BCUT2D eigenvalue weighted by Gasteiger charge is -2.42. The molecule has 1 aromatic heterocycles. The maximum atomic E-state index is 13.4. The third-order valence-electron chi connectivity index (χ3n) is 6.09. The Kier molecular flexibility index (Phi) is 5.44. The van der Waals surface area contributed by atoms with Crippen LogP contribution in [0.5, 0.6) is 0 Å². The number of pyridine rings is 1. The van der Waals surface area contributed by atoms with Crippen LogP contribution in [0.2, 0.25) is 0 Å². The van der Waals surface area contributed by atoms with Crippen molar-refractivity contribution >= 4 is 23.0 Å². The fraction of sp³-hybridized carbons (Fsp3) is 0.280. The quantitative estimate of drug-likeness (QED) is 0.534. The molecule has 0 atom stereocenters. The molecule has 2 aliphatic rings. The Morgan fingerprint density at radius 3 is 2.33 bits per heavy atom. The molecule has 0 N–H and O–H groups in total. The van der Waals surface area contributed by atoms with Crippen molar-refractivity contribution in [2.45, 2.75) is 19.6 Å². The van der Waals surface area contributed by atoms with E-state index in [1.165, 1.54) is 23.4 Å². The summed E-state index contributed by atoms with van der Waals surface area (Å²) >= 11 is 0. The summed E-state index contributed by atoms with van der Waals surface area (Å²) in [5.41, 5.74) is 3.91. The normalized spacial score (nSPS) is 16.5. The monoisotopic (exact) mass is 451 g/mol. The Morgan fingerprint density at radius 2 is 1.58 bits per heavy atom. The summed E-state index contributed by atoms with van der Waals surface area (Å²) in [6.45, 7) is 5.57. The molecule has 0 spiro atoms. The SMILES string of the molecule is Cc1cccc(N2CCN(C3=Nc4cnccc4CN3c3cccc(C(F)(F)F)c3)CC2)c1. The Hall–Kier alpha value is -3.55. The lowest BCUT2D eigenvalue weighted by molar-refractivity contribution is -0.137. The topological polar surface area (TPSA) is 35.0 Å². The highest BCUT2D eigenvalue weighted by molar-refractivity contribution is 5.99. The number of anilines is 2. The molecule has 5 nitrogen and oxygen atoms in total. The molecular weight excluding hydrogens is 427 g/mol. The third-order valence-corrected chi connectivity index (χ3v) is 6.09. The first-order valence-corrected chi connectivity index (χ1v) is 10.9. The van der Waals surface area contributed by atoms with Crippen LogP contribution in [-0.4, -0.2) is 42.0 Å². The molecule has 33 heavy (non-hydrogen) atoms. The van der Waals surface area contributed by atoms with Crippen LogP contribution in [0.25, 0.3) is 0 Å². The van der Waals surface area contributed by atoms with Crippen molar-refractivity contribution < 1.29 is 13.2 Å². The average molecular weight is 451 g/mol. The van der Waals surface area contributed by atoms with Crippen molar-refractivity contribution in [2.24, 2.45) is 4.99 Å². The molecule has 1 fully saturated rings. The lowest BCUT2D eigenvalue weighted by atomic mass is 10.1. The molecule has 3 aromatic rings. The van der Waals surface area contributed by atoms with E-state index in [0.717, 1.165) is 43.5 Å². The largest absolute Gasteiger partial charge is 0.416 e. The van der Waals surface area contributed by atoms with E-state index in [0.29, 0.717) is 18.2 Å². The first-order valence-electron chi connectivity index (χ1n) is 10.9. The van der Waals surface area contributed by atoms with Crippen molar-refractivity contribution in [3.05, 3.63) is 83.7 Å². The second-order valence-electron chi connectivity index (χ2n) is 8.36. The van der Waals surface area contributed by atoms with Crippen molar-refractivity contribution in [1.82, 2.24) is 9.88 Å². The van der Waals surface area contributed by atoms with Gasteiger partial charge in [-0.2, -0.15) is 13.2 Å². The molecule has 2 aliphatic heterocycles. The number of alkyl halides is 3. The first kappa shape index (κ1) is 21.3. The molecule has 170 valence electrons. The number of rotatable bonds is 2. The summed E-state index contributed by atoms with van der Waals surface area (Å²) < 4.78 is 40.2. The molecule has 0 unspecified atom stereocenters. The van der Waals surface area contributed by atoms with Crippen LogP contribution in [0.4, 0.5) is 30.2 Å². The predicted molar refractivity (Wildman–Crippen MR) is 124 cm³/mol. The Morgan fingerprint density at radius 1 is 0.848 bits per heavy atom. The van der Waals surface area contributed by atoms with Gasteiger partial charge < -0.3 is 14.7 Å². The van der Waals surface area contributed by atoms with E-state index < -0.39 is 11.7 Å². The maximum Gasteiger partial charge on any atom is 0.416 e. The van der Waals surface area contributed by atoms with E-state index in [4.69, 9.17) is 4.99 Å². The second-order valence-corrected chi connectivity index (χ2v) is 8.36. The van der Waals surface area contributed by atoms with Gasteiger partial charge in [0.25, 0.3) is 0 Å². The minimum absolute atomic E-state index is 0.441. The Balaban J connectivity index is 1.44. The van der Waals surface area contributed by atoms with Gasteiger partial charge in [0, 0.05) is 49.3 Å². The van der Waals surface area contributed by atoms with E-state index in [1.54, 1.807) is 18.5 Å². The average Bonchev–Trinajstić information content (AvgIpc) is 2.83. The number of halogens is 3.